The maximum atomic E-state index is 10.8. The fourth-order valence-electron chi connectivity index (χ4n) is 0.746. The van der Waals surface area contributed by atoms with Crippen molar-refractivity contribution in [2.75, 3.05) is 0 Å². The number of ketones is 1. The van der Waals surface area contributed by atoms with Crippen LogP contribution >= 0.6 is 11.5 Å². The lowest BCUT2D eigenvalue weighted by Crippen LogP contribution is -1.93. The summed E-state index contributed by atoms with van der Waals surface area (Å²) in [6.45, 7) is 5.44. The number of hydrogen-bond donors (Lipinski definition) is 0. The molecule has 0 aromatic carbocycles. The predicted octanol–water partition coefficient (Wildman–Crippen LogP) is 1.96. The lowest BCUT2D eigenvalue weighted by molar-refractivity contribution is 0.101. The lowest BCUT2D eigenvalue weighted by Gasteiger charge is -1.88. The third-order valence-electron chi connectivity index (χ3n) is 1.49. The van der Waals surface area contributed by atoms with Gasteiger partial charge in [0.15, 0.2) is 5.78 Å². The molecule has 0 fully saturated rings. The molecule has 2 nitrogen and oxygen atoms in total. The second kappa shape index (κ2) is 2.50. The minimum absolute atomic E-state index is 0.0573. The van der Waals surface area contributed by atoms with Gasteiger partial charge in [-0.2, -0.15) is 4.37 Å². The van der Waals surface area contributed by atoms with E-state index in [0.717, 1.165) is 10.4 Å². The molecule has 0 aliphatic carbocycles. The summed E-state index contributed by atoms with van der Waals surface area (Å²) < 4.78 is 4.01. The van der Waals surface area contributed by atoms with Gasteiger partial charge in [0, 0.05) is 11.8 Å². The molecule has 3 heteroatoms. The van der Waals surface area contributed by atoms with Gasteiger partial charge in [-0.1, -0.05) is 0 Å². The molecular formula is C7H9NOS. The number of rotatable bonds is 1. The number of hydrogen-bond acceptors (Lipinski definition) is 3. The molecule has 1 aromatic rings. The van der Waals surface area contributed by atoms with Crippen LogP contribution in [0.1, 0.15) is 27.9 Å². The van der Waals surface area contributed by atoms with Crippen LogP contribution in [0.3, 0.4) is 0 Å². The molecule has 0 saturated heterocycles. The van der Waals surface area contributed by atoms with E-state index >= 15 is 0 Å². The van der Waals surface area contributed by atoms with E-state index in [1.54, 1.807) is 6.92 Å². The second-order valence-electron chi connectivity index (χ2n) is 2.27. The van der Waals surface area contributed by atoms with Crippen LogP contribution in [-0.4, -0.2) is 10.2 Å². The van der Waals surface area contributed by atoms with Crippen molar-refractivity contribution in [1.29, 1.82) is 0 Å². The number of nitrogens with zero attached hydrogens (tertiary/aromatic N) is 1. The number of carbonyl (C=O) groups is 1. The van der Waals surface area contributed by atoms with Crippen molar-refractivity contribution < 1.29 is 4.79 Å². The zero-order valence-electron chi connectivity index (χ0n) is 6.26. The summed E-state index contributed by atoms with van der Waals surface area (Å²) >= 11 is 1.39. The molecule has 0 unspecified atom stereocenters. The molecule has 10 heavy (non-hydrogen) atoms. The van der Waals surface area contributed by atoms with Crippen molar-refractivity contribution in [1.82, 2.24) is 4.37 Å². The monoisotopic (exact) mass is 155 g/mol. The maximum absolute atomic E-state index is 10.8. The van der Waals surface area contributed by atoms with Gasteiger partial charge in [-0.3, -0.25) is 4.79 Å². The van der Waals surface area contributed by atoms with Crippen molar-refractivity contribution in [3.63, 3.8) is 0 Å². The quantitative estimate of drug-likeness (QED) is 0.580. The molecule has 0 radical (unpaired) electrons. The smallest absolute Gasteiger partial charge is 0.179 e. The third-order valence-corrected chi connectivity index (χ3v) is 2.34. The zero-order chi connectivity index (χ0) is 7.72. The van der Waals surface area contributed by atoms with Gasteiger partial charge in [-0.15, -0.1) is 0 Å². The molecule has 1 heterocycles. The van der Waals surface area contributed by atoms with Gasteiger partial charge in [0.05, 0.1) is 0 Å². The Morgan fingerprint density at radius 1 is 1.50 bits per heavy atom. The van der Waals surface area contributed by atoms with E-state index in [-0.39, 0.29) is 5.78 Å². The Balaban J connectivity index is 3.17. The first-order valence-corrected chi connectivity index (χ1v) is 3.84. The summed E-state index contributed by atoms with van der Waals surface area (Å²) in [5.41, 5.74) is 1.65. The predicted molar refractivity (Wildman–Crippen MR) is 41.6 cm³/mol. The normalized spacial score (nSPS) is 9.90. The van der Waals surface area contributed by atoms with Crippen LogP contribution in [0.15, 0.2) is 0 Å². The van der Waals surface area contributed by atoms with Crippen molar-refractivity contribution >= 4 is 17.3 Å². The molecule has 54 valence electrons. The van der Waals surface area contributed by atoms with Gasteiger partial charge in [0.25, 0.3) is 0 Å². The molecule has 1 rings (SSSR count). The van der Waals surface area contributed by atoms with Crippen LogP contribution in [0.4, 0.5) is 0 Å². The van der Waals surface area contributed by atoms with Crippen LogP contribution < -0.4 is 0 Å². The zero-order valence-corrected chi connectivity index (χ0v) is 7.08. The molecule has 0 saturated carbocycles. The Hall–Kier alpha value is -0.700. The van der Waals surface area contributed by atoms with E-state index in [0.29, 0.717) is 5.69 Å². The fourth-order valence-corrected chi connectivity index (χ4v) is 1.47. The number of Topliss-reactive ketones (excluding diaryl/α,β-unsaturated/α-hetero) is 1. The summed E-state index contributed by atoms with van der Waals surface area (Å²) in [5.74, 6) is 0.0573. The van der Waals surface area contributed by atoms with Crippen LogP contribution in [0, 0.1) is 13.8 Å². The second-order valence-corrected chi connectivity index (χ2v) is 3.25. The third kappa shape index (κ3) is 1.09. The van der Waals surface area contributed by atoms with E-state index in [1.165, 1.54) is 11.5 Å². The minimum atomic E-state index is 0.0573. The topological polar surface area (TPSA) is 30.0 Å². The maximum Gasteiger partial charge on any atom is 0.179 e. The first kappa shape index (κ1) is 7.41. The molecular weight excluding hydrogens is 146 g/mol. The van der Waals surface area contributed by atoms with Gasteiger partial charge in [-0.05, 0) is 30.9 Å². The highest BCUT2D eigenvalue weighted by Crippen LogP contribution is 2.16. The average molecular weight is 155 g/mol. The average Bonchev–Trinajstić information content (AvgIpc) is 2.14. The van der Waals surface area contributed by atoms with Crippen molar-refractivity contribution in [2.45, 2.75) is 20.8 Å². The Bertz CT molecular complexity index is 265. The highest BCUT2D eigenvalue weighted by molar-refractivity contribution is 7.06. The summed E-state index contributed by atoms with van der Waals surface area (Å²) in [5, 5.41) is 0. The van der Waals surface area contributed by atoms with E-state index in [2.05, 4.69) is 4.37 Å². The number of aromatic nitrogens is 1. The van der Waals surface area contributed by atoms with Gasteiger partial charge < -0.3 is 0 Å². The van der Waals surface area contributed by atoms with E-state index in [1.807, 2.05) is 13.8 Å². The van der Waals surface area contributed by atoms with E-state index in [9.17, 15) is 4.79 Å². The van der Waals surface area contributed by atoms with E-state index in [4.69, 9.17) is 0 Å². The molecule has 0 amide bonds. The van der Waals surface area contributed by atoms with Gasteiger partial charge in [-0.25, -0.2) is 0 Å². The summed E-state index contributed by atoms with van der Waals surface area (Å²) in [7, 11) is 0. The fraction of sp³-hybridized carbons (Fsp3) is 0.429. The first-order chi connectivity index (χ1) is 4.63. The number of aryl methyl sites for hydroxylation is 1. The molecule has 0 bridgehead atoms. The van der Waals surface area contributed by atoms with Gasteiger partial charge >= 0.3 is 0 Å². The Kier molecular flexibility index (Phi) is 1.85. The standard InChI is InChI=1S/C7H9NOS/c1-4-6(3)10-8-7(4)5(2)9/h1-3H3. The van der Waals surface area contributed by atoms with Crippen LogP contribution in [-0.2, 0) is 0 Å². The summed E-state index contributed by atoms with van der Waals surface area (Å²) in [6, 6.07) is 0. The van der Waals surface area contributed by atoms with Gasteiger partial charge in [0.1, 0.15) is 5.69 Å². The summed E-state index contributed by atoms with van der Waals surface area (Å²) in [6.07, 6.45) is 0. The molecule has 0 atom stereocenters. The largest absolute Gasteiger partial charge is 0.293 e. The summed E-state index contributed by atoms with van der Waals surface area (Å²) in [4.78, 5) is 12.0. The Labute approximate surface area is 64.1 Å². The highest BCUT2D eigenvalue weighted by Gasteiger charge is 2.08. The number of carbonyl (C=O) groups excluding carboxylic acids is 1. The van der Waals surface area contributed by atoms with Crippen LogP contribution in [0.25, 0.3) is 0 Å². The Morgan fingerprint density at radius 2 is 2.10 bits per heavy atom. The van der Waals surface area contributed by atoms with Crippen LogP contribution in [0.2, 0.25) is 0 Å². The molecule has 0 N–H and O–H groups in total. The molecule has 0 aliphatic rings. The Morgan fingerprint density at radius 3 is 2.30 bits per heavy atom. The first-order valence-electron chi connectivity index (χ1n) is 3.06. The molecule has 0 aliphatic heterocycles. The lowest BCUT2D eigenvalue weighted by atomic mass is 10.2. The van der Waals surface area contributed by atoms with Crippen molar-refractivity contribution in [3.05, 3.63) is 16.1 Å². The highest BCUT2D eigenvalue weighted by atomic mass is 32.1. The van der Waals surface area contributed by atoms with Gasteiger partial charge in [0.2, 0.25) is 0 Å². The van der Waals surface area contributed by atoms with Crippen LogP contribution in [0.5, 0.6) is 0 Å². The molecule has 1 aromatic heterocycles. The SMILES string of the molecule is CC(=O)c1nsc(C)c1C. The van der Waals surface area contributed by atoms with Crippen molar-refractivity contribution in [2.24, 2.45) is 0 Å². The molecule has 0 spiro atoms. The van der Waals surface area contributed by atoms with E-state index < -0.39 is 0 Å². The minimum Gasteiger partial charge on any atom is -0.293 e. The van der Waals surface area contributed by atoms with Crippen molar-refractivity contribution in [3.8, 4) is 0 Å².